The van der Waals surface area contributed by atoms with Crippen LogP contribution in [0.15, 0.2) is 67.5 Å². The molecule has 0 aliphatic heterocycles. The van der Waals surface area contributed by atoms with Gasteiger partial charge in [-0.15, -0.1) is 6.42 Å². The summed E-state index contributed by atoms with van der Waals surface area (Å²) < 4.78 is 27.9. The van der Waals surface area contributed by atoms with E-state index in [-0.39, 0.29) is 11.6 Å². The maximum atomic E-state index is 14.0. The second kappa shape index (κ2) is 12.6. The number of hydrogen-bond acceptors (Lipinski definition) is 2. The van der Waals surface area contributed by atoms with Crippen LogP contribution in [0.4, 0.5) is 14.5 Å². The van der Waals surface area contributed by atoms with Gasteiger partial charge in [-0.05, 0) is 85.4 Å². The number of rotatable bonds is 13. The molecule has 2 nitrogen and oxygen atoms in total. The molecule has 2 radical (unpaired) electrons. The number of nitrogens with one attached hydrogen (secondary N) is 1. The molecule has 3 rings (SSSR count). The summed E-state index contributed by atoms with van der Waals surface area (Å²) in [6.45, 7) is 21.2. The minimum atomic E-state index is -3.42. The highest BCUT2D eigenvalue weighted by Crippen LogP contribution is 2.45. The third-order valence-corrected chi connectivity index (χ3v) is 7.50. The maximum Gasteiger partial charge on any atom is 0.224 e. The monoisotopic (exact) mass is 524 g/mol. The molecule has 0 bridgehead atoms. The number of hydrogen-bond donors (Lipinski definition) is 1. The molecule has 202 valence electrons. The molecule has 1 saturated carbocycles. The zero-order valence-electron chi connectivity index (χ0n) is 23.7. The summed E-state index contributed by atoms with van der Waals surface area (Å²) in [6.07, 6.45) is 13.5. The minimum absolute atomic E-state index is 0.0935. The molecule has 5 heteroatoms. The number of aryl methyl sites for hydroxylation is 1. The molecule has 1 N–H and O–H groups in total. The summed E-state index contributed by atoms with van der Waals surface area (Å²) in [5.41, 5.74) is 8.13. The first kappa shape index (κ1) is 30.0. The van der Waals surface area contributed by atoms with E-state index in [0.717, 1.165) is 65.0 Å². The number of anilines is 1. The van der Waals surface area contributed by atoms with Gasteiger partial charge >= 0.3 is 0 Å². The van der Waals surface area contributed by atoms with Crippen LogP contribution in [0, 0.1) is 19.3 Å². The van der Waals surface area contributed by atoms with Gasteiger partial charge in [0.1, 0.15) is 0 Å². The zero-order chi connectivity index (χ0) is 28.9. The van der Waals surface area contributed by atoms with Gasteiger partial charge in [0.2, 0.25) is 5.82 Å². The van der Waals surface area contributed by atoms with Gasteiger partial charge in [-0.2, -0.15) is 0 Å². The third kappa shape index (κ3) is 6.74. The van der Waals surface area contributed by atoms with Gasteiger partial charge in [-0.25, -0.2) is 8.78 Å². The fourth-order valence-electron chi connectivity index (χ4n) is 5.04. The molecule has 0 unspecified atom stereocenters. The van der Waals surface area contributed by atoms with Crippen molar-refractivity contribution in [2.45, 2.75) is 77.7 Å². The average molecular weight is 525 g/mol. The summed E-state index contributed by atoms with van der Waals surface area (Å²) in [5, 5.41) is 3.50. The average Bonchev–Trinajstić information content (AvgIpc) is 3.75. The maximum absolute atomic E-state index is 14.0. The lowest BCUT2D eigenvalue weighted by Crippen LogP contribution is -2.38. The lowest BCUT2D eigenvalue weighted by Gasteiger charge is -2.35. The Kier molecular flexibility index (Phi) is 9.67. The first-order valence-corrected chi connectivity index (χ1v) is 13.6. The van der Waals surface area contributed by atoms with Gasteiger partial charge in [-0.3, -0.25) is 0 Å². The number of allylic oxidation sites excluding steroid dienone is 3. The quantitative estimate of drug-likeness (QED) is 0.209. The Hall–Kier alpha value is -3.52. The summed E-state index contributed by atoms with van der Waals surface area (Å²) in [7, 11) is 5.13. The topological polar surface area (TPSA) is 15.3 Å². The Bertz CT molecular complexity index is 1320. The lowest BCUT2D eigenvalue weighted by atomic mass is 9.88. The van der Waals surface area contributed by atoms with E-state index < -0.39 is 5.82 Å². The van der Waals surface area contributed by atoms with Crippen molar-refractivity contribution in [3.8, 4) is 12.3 Å². The van der Waals surface area contributed by atoms with Gasteiger partial charge in [0.05, 0.1) is 6.04 Å². The number of terminal acetylenes is 1. The van der Waals surface area contributed by atoms with Crippen LogP contribution in [0.3, 0.4) is 0 Å². The summed E-state index contributed by atoms with van der Waals surface area (Å²) in [6, 6.07) is 8.74. The van der Waals surface area contributed by atoms with Crippen LogP contribution in [0.1, 0.15) is 85.8 Å². The van der Waals surface area contributed by atoms with Crippen molar-refractivity contribution in [3.63, 3.8) is 0 Å². The van der Waals surface area contributed by atoms with Crippen molar-refractivity contribution >= 4 is 25.2 Å². The van der Waals surface area contributed by atoms with Gasteiger partial charge in [0.25, 0.3) is 0 Å². The number of halogens is 2. The van der Waals surface area contributed by atoms with Crippen molar-refractivity contribution in [1.29, 1.82) is 0 Å². The highest BCUT2D eigenvalue weighted by molar-refractivity contribution is 6.13. The molecule has 2 aromatic carbocycles. The van der Waals surface area contributed by atoms with Crippen LogP contribution >= 0.6 is 0 Å². The van der Waals surface area contributed by atoms with Crippen LogP contribution in [0.25, 0.3) is 11.6 Å². The van der Waals surface area contributed by atoms with Crippen molar-refractivity contribution in [2.24, 2.45) is 0 Å². The fraction of sp³-hybridized carbons (Fsp3) is 0.353. The molecule has 1 aliphatic rings. The molecule has 1 aliphatic carbocycles. The van der Waals surface area contributed by atoms with Crippen LogP contribution in [0.2, 0.25) is 0 Å². The van der Waals surface area contributed by atoms with Crippen molar-refractivity contribution in [1.82, 2.24) is 5.32 Å². The third-order valence-electron chi connectivity index (χ3n) is 7.50. The van der Waals surface area contributed by atoms with Crippen LogP contribution in [-0.2, 0) is 12.4 Å². The summed E-state index contributed by atoms with van der Waals surface area (Å²) in [4.78, 5) is 2.13. The molecular weight excluding hydrogens is 485 g/mol. The normalized spacial score (nSPS) is 14.3. The van der Waals surface area contributed by atoms with E-state index in [1.54, 1.807) is 6.07 Å². The van der Waals surface area contributed by atoms with Crippen LogP contribution in [0.5, 0.6) is 0 Å². The van der Waals surface area contributed by atoms with Gasteiger partial charge in [-0.1, -0.05) is 69.9 Å². The smallest absolute Gasteiger partial charge is 0.224 e. The van der Waals surface area contributed by atoms with Gasteiger partial charge < -0.3 is 10.2 Å². The Morgan fingerprint density at radius 1 is 1.26 bits per heavy atom. The molecule has 0 heterocycles. The van der Waals surface area contributed by atoms with Crippen molar-refractivity contribution < 1.29 is 8.78 Å². The van der Waals surface area contributed by atoms with E-state index in [9.17, 15) is 8.78 Å². The summed E-state index contributed by atoms with van der Waals surface area (Å²) >= 11 is 0. The van der Waals surface area contributed by atoms with E-state index in [2.05, 4.69) is 54.9 Å². The molecule has 2 aromatic rings. The molecule has 39 heavy (non-hydrogen) atoms. The molecular formula is C34H39BF2N2. The number of alkyl halides is 2. The highest BCUT2D eigenvalue weighted by atomic mass is 19.3. The lowest BCUT2D eigenvalue weighted by molar-refractivity contribution is 0.0941. The molecule has 0 amide bonds. The molecule has 0 saturated heterocycles. The zero-order valence-corrected chi connectivity index (χ0v) is 23.7. The predicted molar refractivity (Wildman–Crippen MR) is 164 cm³/mol. The van der Waals surface area contributed by atoms with Crippen molar-refractivity contribution in [3.05, 3.63) is 101 Å². The fourth-order valence-corrected chi connectivity index (χ4v) is 5.04. The standard InChI is InChI=1S/C34H39BF2N2/c1-9-23(7)38-32(13-5)24(8)39(33-19-16-27(20-22(33)6)34(35,36)37)21-31-28(12-4)29(25(10-2)11-3)17-18-30(31)26-14-15-26/h2,11-12,16-20,26,32,38H,4,7-9,13-15,21H2,1,3,5-6H3/b25-11-/t32-/m0/s1. The van der Waals surface area contributed by atoms with E-state index >= 15 is 0 Å². The second-order valence-electron chi connectivity index (χ2n) is 10.2. The molecule has 0 aromatic heterocycles. The van der Waals surface area contributed by atoms with E-state index in [4.69, 9.17) is 14.3 Å². The Balaban J connectivity index is 2.23. The molecule has 1 fully saturated rings. The van der Waals surface area contributed by atoms with Crippen molar-refractivity contribution in [2.75, 3.05) is 4.90 Å². The Morgan fingerprint density at radius 3 is 2.44 bits per heavy atom. The molecule has 1 atom stereocenters. The number of nitrogens with zero attached hydrogens (tertiary/aromatic N) is 1. The Labute approximate surface area is 235 Å². The SMILES string of the molecule is [B]C(F)(F)c1ccc(N(Cc2c(C3CC3)ccc(/C(C#C)=C\C)c2C=C)C(=C)[C@H](CC)NC(=C)CC)c(C)c1. The Morgan fingerprint density at radius 2 is 1.95 bits per heavy atom. The second-order valence-corrected chi connectivity index (χ2v) is 10.2. The first-order chi connectivity index (χ1) is 18.5. The van der Waals surface area contributed by atoms with E-state index in [1.807, 2.05) is 32.9 Å². The molecule has 0 spiro atoms. The van der Waals surface area contributed by atoms with Crippen LogP contribution < -0.4 is 10.2 Å². The minimum Gasteiger partial charge on any atom is -0.381 e. The van der Waals surface area contributed by atoms with E-state index in [1.165, 1.54) is 17.7 Å². The van der Waals surface area contributed by atoms with Gasteiger partial charge in [0.15, 0.2) is 7.85 Å². The summed E-state index contributed by atoms with van der Waals surface area (Å²) in [5.74, 6) is -0.137. The largest absolute Gasteiger partial charge is 0.381 e. The van der Waals surface area contributed by atoms with E-state index in [0.29, 0.717) is 18.0 Å². The highest BCUT2D eigenvalue weighted by Gasteiger charge is 2.31. The predicted octanol–water partition coefficient (Wildman–Crippen LogP) is 8.58. The first-order valence-electron chi connectivity index (χ1n) is 13.6. The number of benzene rings is 2. The van der Waals surface area contributed by atoms with Gasteiger partial charge in [0, 0.05) is 34.8 Å². The van der Waals surface area contributed by atoms with Crippen LogP contribution in [-0.4, -0.2) is 13.9 Å².